The average Bonchev–Trinajstić information content (AvgIpc) is 3.07. The van der Waals surface area contributed by atoms with Crippen LogP contribution in [0.1, 0.15) is 46.3 Å². The third-order valence-electron chi connectivity index (χ3n) is 5.26. The summed E-state index contributed by atoms with van der Waals surface area (Å²) >= 11 is 12.3. The zero-order valence-corrected chi connectivity index (χ0v) is 20.0. The number of aromatic amines is 1. The number of ether oxygens (including phenoxy) is 2. The van der Waals surface area contributed by atoms with Crippen molar-refractivity contribution in [3.8, 4) is 5.75 Å². The number of methoxy groups -OCH3 is 1. The predicted octanol–water partition coefficient (Wildman–Crippen LogP) is 3.30. The first kappa shape index (κ1) is 24.9. The summed E-state index contributed by atoms with van der Waals surface area (Å²) < 4.78 is 10.8. The Labute approximate surface area is 201 Å². The fraction of sp³-hybridized carbons (Fsp3) is 0.409. The van der Waals surface area contributed by atoms with Gasteiger partial charge in [0.2, 0.25) is 0 Å². The molecule has 1 fully saturated rings. The second kappa shape index (κ2) is 10.9. The van der Waals surface area contributed by atoms with Crippen LogP contribution in [0, 0.1) is 6.92 Å². The quantitative estimate of drug-likeness (QED) is 0.436. The molecule has 1 aromatic heterocycles. The Hall–Kier alpha value is -2.75. The number of H-pyrrole nitrogens is 1. The normalized spacial score (nSPS) is 14.9. The lowest BCUT2D eigenvalue weighted by molar-refractivity contribution is -0.142. The molecule has 0 aliphatic carbocycles. The van der Waals surface area contributed by atoms with Gasteiger partial charge in [-0.15, -0.1) is 0 Å². The molecule has 33 heavy (non-hydrogen) atoms. The van der Waals surface area contributed by atoms with Crippen LogP contribution in [-0.4, -0.2) is 55.1 Å². The monoisotopic (exact) mass is 496 g/mol. The summed E-state index contributed by atoms with van der Waals surface area (Å²) in [6.07, 6.45) is 1.47. The zero-order valence-electron chi connectivity index (χ0n) is 18.5. The van der Waals surface area contributed by atoms with Gasteiger partial charge < -0.3 is 30.4 Å². The molecule has 3 rings (SSSR count). The van der Waals surface area contributed by atoms with Crippen molar-refractivity contribution in [1.29, 1.82) is 0 Å². The molecule has 0 bridgehead atoms. The number of benzene rings is 1. The zero-order chi connectivity index (χ0) is 24.1. The first-order valence-corrected chi connectivity index (χ1v) is 11.2. The second-order valence-electron chi connectivity index (χ2n) is 7.70. The van der Waals surface area contributed by atoms with Crippen LogP contribution in [0.25, 0.3) is 0 Å². The molecule has 1 aliphatic rings. The van der Waals surface area contributed by atoms with Crippen LogP contribution in [-0.2, 0) is 9.53 Å². The van der Waals surface area contributed by atoms with Gasteiger partial charge in [0.1, 0.15) is 23.6 Å². The summed E-state index contributed by atoms with van der Waals surface area (Å²) in [6.45, 7) is 4.84. The number of hydrogen-bond donors (Lipinski definition) is 4. The van der Waals surface area contributed by atoms with E-state index in [2.05, 4.69) is 25.7 Å². The van der Waals surface area contributed by atoms with E-state index in [0.717, 1.165) is 25.9 Å². The Balaban J connectivity index is 1.86. The van der Waals surface area contributed by atoms with Crippen LogP contribution < -0.4 is 20.7 Å². The van der Waals surface area contributed by atoms with E-state index in [1.807, 2.05) is 0 Å². The minimum absolute atomic E-state index is 0.0834. The molecular weight excluding hydrogens is 471 g/mol. The number of esters is 1. The van der Waals surface area contributed by atoms with E-state index < -0.39 is 23.8 Å². The van der Waals surface area contributed by atoms with Gasteiger partial charge in [-0.1, -0.05) is 23.2 Å². The average molecular weight is 497 g/mol. The van der Waals surface area contributed by atoms with Crippen LogP contribution in [0.15, 0.2) is 18.2 Å². The van der Waals surface area contributed by atoms with Gasteiger partial charge in [0.05, 0.1) is 22.8 Å². The van der Waals surface area contributed by atoms with Gasteiger partial charge in [-0.25, -0.2) is 4.79 Å². The number of amides is 2. The van der Waals surface area contributed by atoms with Crippen molar-refractivity contribution < 1.29 is 23.9 Å². The highest BCUT2D eigenvalue weighted by Crippen LogP contribution is 2.32. The topological polar surface area (TPSA) is 122 Å². The molecule has 0 radical (unpaired) electrons. The molecule has 1 saturated heterocycles. The molecule has 178 valence electrons. The second-order valence-corrected chi connectivity index (χ2v) is 8.46. The Morgan fingerprint density at radius 1 is 1.12 bits per heavy atom. The predicted molar refractivity (Wildman–Crippen MR) is 125 cm³/mol. The van der Waals surface area contributed by atoms with Crippen molar-refractivity contribution in [3.05, 3.63) is 45.2 Å². The maximum absolute atomic E-state index is 12.8. The first-order valence-electron chi connectivity index (χ1n) is 10.5. The number of aromatic nitrogens is 1. The third-order valence-corrected chi connectivity index (χ3v) is 6.20. The molecular formula is C22H26Cl2N4O5. The standard InChI is InChI=1S/C22H26Cl2N4O5/c1-11-17(23)18(24)19(26-11)21(30)28-15-5-4-13(20(29)27-12(2)22(31)32-3)10-16(15)33-14-6-8-25-9-7-14/h4-5,10,12,14,25-26H,6-9H2,1-3H3,(H,27,29)(H,28,30)/t12-/m0/s1. The number of anilines is 1. The van der Waals surface area contributed by atoms with Crippen molar-refractivity contribution in [2.45, 2.75) is 38.8 Å². The lowest BCUT2D eigenvalue weighted by Crippen LogP contribution is -2.39. The molecule has 11 heteroatoms. The van der Waals surface area contributed by atoms with Crippen molar-refractivity contribution in [3.63, 3.8) is 0 Å². The minimum Gasteiger partial charge on any atom is -0.488 e. The van der Waals surface area contributed by atoms with Gasteiger partial charge in [-0.2, -0.15) is 0 Å². The number of carbonyl (C=O) groups is 3. The molecule has 1 aromatic carbocycles. The Bertz CT molecular complexity index is 1050. The number of halogens is 2. The van der Waals surface area contributed by atoms with E-state index in [4.69, 9.17) is 27.9 Å². The number of piperidine rings is 1. The molecule has 1 atom stereocenters. The Morgan fingerprint density at radius 2 is 1.82 bits per heavy atom. The molecule has 2 heterocycles. The number of rotatable bonds is 7. The minimum atomic E-state index is -0.821. The highest BCUT2D eigenvalue weighted by Gasteiger charge is 2.23. The summed E-state index contributed by atoms with van der Waals surface area (Å²) in [5.74, 6) is -1.20. The Kier molecular flexibility index (Phi) is 8.23. The summed E-state index contributed by atoms with van der Waals surface area (Å²) in [5, 5.41) is 9.01. The summed E-state index contributed by atoms with van der Waals surface area (Å²) in [6, 6.07) is 3.81. The maximum atomic E-state index is 12.8. The van der Waals surface area contributed by atoms with Gasteiger partial charge in [-0.3, -0.25) is 9.59 Å². The molecule has 1 aliphatic heterocycles. The number of aryl methyl sites for hydroxylation is 1. The van der Waals surface area contributed by atoms with E-state index in [1.165, 1.54) is 26.2 Å². The van der Waals surface area contributed by atoms with Crippen LogP contribution in [0.2, 0.25) is 10.0 Å². The van der Waals surface area contributed by atoms with E-state index in [0.29, 0.717) is 17.1 Å². The van der Waals surface area contributed by atoms with E-state index in [1.54, 1.807) is 13.0 Å². The molecule has 2 amide bonds. The van der Waals surface area contributed by atoms with Crippen molar-refractivity contribution in [2.24, 2.45) is 0 Å². The lowest BCUT2D eigenvalue weighted by Gasteiger charge is -2.25. The van der Waals surface area contributed by atoms with E-state index in [-0.39, 0.29) is 27.4 Å². The molecule has 2 aromatic rings. The largest absolute Gasteiger partial charge is 0.488 e. The highest BCUT2D eigenvalue weighted by atomic mass is 35.5. The third kappa shape index (κ3) is 5.98. The van der Waals surface area contributed by atoms with Gasteiger partial charge in [-0.05, 0) is 58.0 Å². The van der Waals surface area contributed by atoms with Crippen molar-refractivity contribution >= 4 is 46.7 Å². The number of nitrogens with one attached hydrogen (secondary N) is 4. The van der Waals surface area contributed by atoms with Crippen LogP contribution in [0.4, 0.5) is 5.69 Å². The van der Waals surface area contributed by atoms with Crippen molar-refractivity contribution in [1.82, 2.24) is 15.6 Å². The van der Waals surface area contributed by atoms with Crippen molar-refractivity contribution in [2.75, 3.05) is 25.5 Å². The van der Waals surface area contributed by atoms with Crippen LogP contribution in [0.5, 0.6) is 5.75 Å². The lowest BCUT2D eigenvalue weighted by atomic mass is 10.1. The first-order chi connectivity index (χ1) is 15.7. The van der Waals surface area contributed by atoms with Gasteiger partial charge in [0.15, 0.2) is 0 Å². The highest BCUT2D eigenvalue weighted by molar-refractivity contribution is 6.44. The summed E-state index contributed by atoms with van der Waals surface area (Å²) in [7, 11) is 1.25. The van der Waals surface area contributed by atoms with Gasteiger partial charge in [0, 0.05) is 11.3 Å². The smallest absolute Gasteiger partial charge is 0.328 e. The summed E-state index contributed by atoms with van der Waals surface area (Å²) in [4.78, 5) is 40.0. The van der Waals surface area contributed by atoms with Gasteiger partial charge >= 0.3 is 5.97 Å². The molecule has 0 unspecified atom stereocenters. The molecule has 4 N–H and O–H groups in total. The van der Waals surface area contributed by atoms with E-state index >= 15 is 0 Å². The Morgan fingerprint density at radius 3 is 2.42 bits per heavy atom. The molecule has 0 spiro atoms. The fourth-order valence-electron chi connectivity index (χ4n) is 3.39. The van der Waals surface area contributed by atoms with Crippen LogP contribution >= 0.6 is 23.2 Å². The van der Waals surface area contributed by atoms with Crippen LogP contribution in [0.3, 0.4) is 0 Å². The number of carbonyl (C=O) groups excluding carboxylic acids is 3. The molecule has 0 saturated carbocycles. The van der Waals surface area contributed by atoms with Gasteiger partial charge in [0.25, 0.3) is 11.8 Å². The number of hydrogen-bond acceptors (Lipinski definition) is 6. The fourth-order valence-corrected chi connectivity index (χ4v) is 3.80. The maximum Gasteiger partial charge on any atom is 0.328 e. The molecule has 9 nitrogen and oxygen atoms in total. The SMILES string of the molecule is COC(=O)[C@H](C)NC(=O)c1ccc(NC(=O)c2[nH]c(C)c(Cl)c2Cl)c(OC2CCNCC2)c1. The summed E-state index contributed by atoms with van der Waals surface area (Å²) in [5.41, 5.74) is 1.34. The van der Waals surface area contributed by atoms with E-state index in [9.17, 15) is 14.4 Å².